The van der Waals surface area contributed by atoms with Gasteiger partial charge in [-0.1, -0.05) is 145 Å². The zero-order valence-corrected chi connectivity index (χ0v) is 26.3. The van der Waals surface area contributed by atoms with E-state index in [1.54, 1.807) is 17.8 Å². The molecule has 0 aromatic heterocycles. The van der Waals surface area contributed by atoms with Gasteiger partial charge in [0.1, 0.15) is 0 Å². The topological polar surface area (TPSA) is 66.4 Å². The van der Waals surface area contributed by atoms with E-state index < -0.39 is 5.97 Å². The van der Waals surface area contributed by atoms with Crippen LogP contribution in [0.5, 0.6) is 0 Å². The first-order valence-corrected chi connectivity index (χ1v) is 17.3. The molecule has 1 aliphatic rings. The maximum absolute atomic E-state index is 13.0. The summed E-state index contributed by atoms with van der Waals surface area (Å²) < 4.78 is 0. The molecule has 1 heterocycles. The third kappa shape index (κ3) is 9.10. The van der Waals surface area contributed by atoms with E-state index in [9.17, 15) is 14.7 Å². The fraction of sp³-hybridized carbons (Fsp3) is 0.514. The Labute approximate surface area is 257 Å². The molecule has 0 saturated heterocycles. The van der Waals surface area contributed by atoms with Gasteiger partial charge in [0.2, 0.25) is 0 Å². The van der Waals surface area contributed by atoms with Crippen LogP contribution in [0.3, 0.4) is 0 Å². The van der Waals surface area contributed by atoms with Crippen molar-refractivity contribution >= 4 is 34.4 Å². The molecule has 0 bridgehead atoms. The molecule has 42 heavy (non-hydrogen) atoms. The number of carbonyl (C=O) groups excluding carboxylic acids is 1. The van der Waals surface area contributed by atoms with Gasteiger partial charge >= 0.3 is 5.97 Å². The number of rotatable bonds is 19. The molecule has 4 nitrogen and oxygen atoms in total. The van der Waals surface area contributed by atoms with Crippen molar-refractivity contribution in [2.75, 3.05) is 6.54 Å². The molecule has 0 fully saturated rings. The highest BCUT2D eigenvalue weighted by atomic mass is 32.2. The summed E-state index contributed by atoms with van der Waals surface area (Å²) in [6.07, 6.45) is 21.8. The van der Waals surface area contributed by atoms with Crippen molar-refractivity contribution in [3.05, 3.63) is 70.8 Å². The Morgan fingerprint density at radius 3 is 1.88 bits per heavy atom. The molecule has 0 atom stereocenters. The van der Waals surface area contributed by atoms with Crippen LogP contribution in [0, 0.1) is 0 Å². The Kier molecular flexibility index (Phi) is 13.3. The number of carbonyl (C=O) groups is 2. The van der Waals surface area contributed by atoms with E-state index in [0.29, 0.717) is 11.9 Å². The molecule has 2 N–H and O–H groups in total. The highest BCUT2D eigenvalue weighted by Crippen LogP contribution is 2.43. The fourth-order valence-corrected chi connectivity index (χ4v) is 7.27. The number of carboxylic acid groups (broad SMARTS) is 1. The number of hydrogen-bond donors (Lipinski definition) is 2. The van der Waals surface area contributed by atoms with Crippen LogP contribution < -0.4 is 5.32 Å². The van der Waals surface area contributed by atoms with Gasteiger partial charge in [-0.15, -0.1) is 0 Å². The third-order valence-corrected chi connectivity index (χ3v) is 9.82. The quantitative estimate of drug-likeness (QED) is 0.107. The summed E-state index contributed by atoms with van der Waals surface area (Å²) in [7, 11) is 0. The lowest BCUT2D eigenvalue weighted by atomic mass is 9.92. The van der Waals surface area contributed by atoms with E-state index in [4.69, 9.17) is 0 Å². The van der Waals surface area contributed by atoms with Crippen LogP contribution in [0.4, 0.5) is 0 Å². The third-order valence-electron chi connectivity index (χ3n) is 8.60. The first kappa shape index (κ1) is 32.1. The van der Waals surface area contributed by atoms with E-state index in [0.717, 1.165) is 35.1 Å². The van der Waals surface area contributed by atoms with Crippen molar-refractivity contribution in [2.24, 2.45) is 0 Å². The summed E-state index contributed by atoms with van der Waals surface area (Å²) in [4.78, 5) is 27.8. The van der Waals surface area contributed by atoms with E-state index in [1.165, 1.54) is 100 Å². The number of nitrogens with one attached hydrogen (secondary N) is 1. The molecule has 3 aromatic carbocycles. The monoisotopic (exact) mass is 587 g/mol. The molecule has 0 spiro atoms. The van der Waals surface area contributed by atoms with Crippen molar-refractivity contribution < 1.29 is 14.7 Å². The summed E-state index contributed by atoms with van der Waals surface area (Å²) >= 11 is 1.72. The standard InChI is InChI=1S/C37H49NO3S/c1-2-3-4-5-6-7-8-9-10-11-12-13-14-15-16-19-26-38-36(39)31-23-22-29-30(35(31)37(40)41)24-25-34-32(29)27-28-20-17-18-21-33(28)42-34/h17-18,20-25H,2-16,19,26-27H2,1H3,(H,38,39)(H,40,41). The maximum Gasteiger partial charge on any atom is 0.337 e. The van der Waals surface area contributed by atoms with Crippen molar-refractivity contribution in [3.8, 4) is 0 Å². The van der Waals surface area contributed by atoms with Gasteiger partial charge in [-0.05, 0) is 46.5 Å². The Morgan fingerprint density at radius 1 is 0.690 bits per heavy atom. The largest absolute Gasteiger partial charge is 0.478 e. The highest BCUT2D eigenvalue weighted by molar-refractivity contribution is 7.99. The van der Waals surface area contributed by atoms with Gasteiger partial charge < -0.3 is 10.4 Å². The Morgan fingerprint density at radius 2 is 1.26 bits per heavy atom. The highest BCUT2D eigenvalue weighted by Gasteiger charge is 2.24. The fourth-order valence-electron chi connectivity index (χ4n) is 6.17. The summed E-state index contributed by atoms with van der Waals surface area (Å²) in [5.41, 5.74) is 2.73. The van der Waals surface area contributed by atoms with Crippen LogP contribution in [-0.4, -0.2) is 23.5 Å². The normalized spacial score (nSPS) is 12.2. The number of fused-ring (bicyclic) bond motifs is 4. The number of unbranched alkanes of at least 4 members (excludes halogenated alkanes) is 15. The molecule has 0 unspecified atom stereocenters. The zero-order valence-electron chi connectivity index (χ0n) is 25.5. The number of amides is 1. The minimum absolute atomic E-state index is 0.101. The first-order valence-electron chi connectivity index (χ1n) is 16.5. The smallest absolute Gasteiger partial charge is 0.337 e. The van der Waals surface area contributed by atoms with Gasteiger partial charge in [0.05, 0.1) is 11.1 Å². The minimum atomic E-state index is -1.06. The molecular formula is C37H49NO3S. The van der Waals surface area contributed by atoms with Crippen LogP contribution in [0.1, 0.15) is 141 Å². The Hall–Kier alpha value is -2.79. The second-order valence-electron chi connectivity index (χ2n) is 11.9. The van der Waals surface area contributed by atoms with Gasteiger partial charge in [-0.3, -0.25) is 4.79 Å². The molecular weight excluding hydrogens is 538 g/mol. The number of carboxylic acids is 1. The number of aromatic carboxylic acids is 1. The summed E-state index contributed by atoms with van der Waals surface area (Å²) in [5.74, 6) is -1.36. The van der Waals surface area contributed by atoms with Gasteiger partial charge in [0.25, 0.3) is 5.91 Å². The lowest BCUT2D eigenvalue weighted by Gasteiger charge is -2.21. The SMILES string of the molecule is CCCCCCCCCCCCCCCCCCNC(=O)c1ccc2c3c(ccc2c1C(=O)O)Sc1ccccc1C3. The molecule has 0 saturated carbocycles. The lowest BCUT2D eigenvalue weighted by Crippen LogP contribution is -2.26. The van der Waals surface area contributed by atoms with E-state index in [2.05, 4.69) is 24.4 Å². The Bertz CT molecular complexity index is 1320. The maximum atomic E-state index is 13.0. The predicted molar refractivity (Wildman–Crippen MR) is 176 cm³/mol. The van der Waals surface area contributed by atoms with Gasteiger partial charge in [0.15, 0.2) is 0 Å². The minimum Gasteiger partial charge on any atom is -0.478 e. The molecule has 0 aliphatic carbocycles. The van der Waals surface area contributed by atoms with Gasteiger partial charge in [-0.2, -0.15) is 0 Å². The molecule has 1 amide bonds. The average molecular weight is 588 g/mol. The molecule has 226 valence electrons. The van der Waals surface area contributed by atoms with Crippen LogP contribution in [0.2, 0.25) is 0 Å². The molecule has 4 rings (SSSR count). The molecule has 1 aliphatic heterocycles. The molecule has 3 aromatic rings. The summed E-state index contributed by atoms with van der Waals surface area (Å²) in [6.45, 7) is 2.85. The zero-order chi connectivity index (χ0) is 29.6. The lowest BCUT2D eigenvalue weighted by molar-refractivity contribution is 0.0693. The van der Waals surface area contributed by atoms with E-state index in [1.807, 2.05) is 30.3 Å². The van der Waals surface area contributed by atoms with Crippen molar-refractivity contribution in [1.82, 2.24) is 5.32 Å². The van der Waals surface area contributed by atoms with Gasteiger partial charge in [0, 0.05) is 22.8 Å². The predicted octanol–water partition coefficient (Wildman–Crippen LogP) is 10.6. The first-order chi connectivity index (χ1) is 20.6. The Balaban J connectivity index is 1.15. The average Bonchev–Trinajstić information content (AvgIpc) is 3.00. The van der Waals surface area contributed by atoms with Gasteiger partial charge in [-0.25, -0.2) is 4.79 Å². The molecule has 0 radical (unpaired) electrons. The summed E-state index contributed by atoms with van der Waals surface area (Å²) in [5, 5.41) is 14.6. The van der Waals surface area contributed by atoms with Crippen molar-refractivity contribution in [3.63, 3.8) is 0 Å². The van der Waals surface area contributed by atoms with Crippen LogP contribution >= 0.6 is 11.8 Å². The second-order valence-corrected chi connectivity index (χ2v) is 13.0. The van der Waals surface area contributed by atoms with Crippen molar-refractivity contribution in [2.45, 2.75) is 126 Å². The second kappa shape index (κ2) is 17.4. The summed E-state index contributed by atoms with van der Waals surface area (Å²) in [6, 6.07) is 15.8. The van der Waals surface area contributed by atoms with Crippen LogP contribution in [0.15, 0.2) is 58.3 Å². The van der Waals surface area contributed by atoms with E-state index in [-0.39, 0.29) is 17.0 Å². The number of hydrogen-bond acceptors (Lipinski definition) is 3. The van der Waals surface area contributed by atoms with Crippen LogP contribution in [0.25, 0.3) is 10.8 Å². The van der Waals surface area contributed by atoms with Crippen LogP contribution in [-0.2, 0) is 6.42 Å². The van der Waals surface area contributed by atoms with Crippen molar-refractivity contribution in [1.29, 1.82) is 0 Å². The van der Waals surface area contributed by atoms with E-state index >= 15 is 0 Å². The molecule has 5 heteroatoms. The number of benzene rings is 3.